The van der Waals surface area contributed by atoms with Crippen molar-refractivity contribution in [2.24, 2.45) is 0 Å². The van der Waals surface area contributed by atoms with Gasteiger partial charge in [0.05, 0.1) is 5.69 Å². The van der Waals surface area contributed by atoms with Gasteiger partial charge in [0.1, 0.15) is 5.82 Å². The Hall–Kier alpha value is -2.33. The Balaban J connectivity index is 1.96. The van der Waals surface area contributed by atoms with Crippen LogP contribution in [0.15, 0.2) is 59.8 Å². The first kappa shape index (κ1) is 17.0. The van der Waals surface area contributed by atoms with Crippen LogP contribution in [0.1, 0.15) is 19.4 Å². The monoisotopic (exact) mass is 331 g/mol. The molecule has 0 bridgehead atoms. The van der Waals surface area contributed by atoms with E-state index in [0.717, 1.165) is 22.5 Å². The number of anilines is 1. The fourth-order valence-corrected chi connectivity index (χ4v) is 2.08. The number of hydrazine groups is 1. The maximum absolute atomic E-state index is 12.9. The molecule has 3 N–H and O–H groups in total. The lowest BCUT2D eigenvalue weighted by molar-refractivity contribution is 0.628. The predicted octanol–water partition coefficient (Wildman–Crippen LogP) is 4.95. The van der Waals surface area contributed by atoms with E-state index in [1.807, 2.05) is 38.1 Å². The van der Waals surface area contributed by atoms with Crippen molar-refractivity contribution < 1.29 is 4.39 Å². The number of allylic oxidation sites excluding steroid dienone is 2. The third-order valence-electron chi connectivity index (χ3n) is 3.55. The molecule has 0 saturated heterocycles. The van der Waals surface area contributed by atoms with Gasteiger partial charge in [0, 0.05) is 22.9 Å². The minimum atomic E-state index is -0.274. The average Bonchev–Trinajstić information content (AvgIpc) is 2.55. The molecule has 0 aromatic heterocycles. The van der Waals surface area contributed by atoms with Crippen LogP contribution in [0.3, 0.4) is 0 Å². The van der Waals surface area contributed by atoms with Gasteiger partial charge in [-0.25, -0.2) is 4.39 Å². The smallest absolute Gasteiger partial charge is 0.123 e. The number of hydrogen-bond acceptors (Lipinski definition) is 3. The van der Waals surface area contributed by atoms with Crippen molar-refractivity contribution in [2.45, 2.75) is 20.3 Å². The number of hydrogen-bond donors (Lipinski definition) is 3. The molecular formula is C18H19ClFN3. The van der Waals surface area contributed by atoms with Gasteiger partial charge in [0.15, 0.2) is 0 Å². The Morgan fingerprint density at radius 1 is 1.04 bits per heavy atom. The van der Waals surface area contributed by atoms with Gasteiger partial charge in [0.25, 0.3) is 0 Å². The second-order valence-electron chi connectivity index (χ2n) is 5.29. The molecular weight excluding hydrogens is 313 g/mol. The van der Waals surface area contributed by atoms with Gasteiger partial charge in [-0.1, -0.05) is 23.7 Å². The van der Waals surface area contributed by atoms with E-state index in [0.29, 0.717) is 17.2 Å². The summed E-state index contributed by atoms with van der Waals surface area (Å²) in [5.41, 5.74) is 10.0. The van der Waals surface area contributed by atoms with Crippen LogP contribution in [0.2, 0.25) is 5.02 Å². The summed E-state index contributed by atoms with van der Waals surface area (Å²) in [7, 11) is 0. The molecule has 5 heteroatoms. The first-order chi connectivity index (χ1) is 11.0. The van der Waals surface area contributed by atoms with Crippen LogP contribution in [0.5, 0.6) is 0 Å². The number of rotatable bonds is 6. The van der Waals surface area contributed by atoms with Crippen molar-refractivity contribution in [3.05, 3.63) is 76.2 Å². The Labute approximate surface area is 140 Å². The van der Waals surface area contributed by atoms with Crippen LogP contribution in [-0.4, -0.2) is 5.71 Å². The van der Waals surface area contributed by atoms with E-state index in [1.165, 1.54) is 12.1 Å². The SMILES string of the molecule is CC(NNc1ccc(F)cc1)=C(C)C(=N)Cc1ccc(Cl)cc1. The van der Waals surface area contributed by atoms with Gasteiger partial charge in [-0.15, -0.1) is 0 Å². The van der Waals surface area contributed by atoms with E-state index in [2.05, 4.69) is 10.9 Å². The number of nitrogens with one attached hydrogen (secondary N) is 3. The molecule has 0 fully saturated rings. The highest BCUT2D eigenvalue weighted by molar-refractivity contribution is 6.30. The molecule has 0 aliphatic rings. The van der Waals surface area contributed by atoms with Gasteiger partial charge >= 0.3 is 0 Å². The minimum absolute atomic E-state index is 0.274. The van der Waals surface area contributed by atoms with Crippen molar-refractivity contribution in [1.29, 1.82) is 5.41 Å². The van der Waals surface area contributed by atoms with E-state index in [9.17, 15) is 4.39 Å². The van der Waals surface area contributed by atoms with Gasteiger partial charge in [-0.3, -0.25) is 0 Å². The molecule has 0 spiro atoms. The molecule has 0 unspecified atom stereocenters. The lowest BCUT2D eigenvalue weighted by atomic mass is 10.0. The molecule has 0 saturated carbocycles. The van der Waals surface area contributed by atoms with Crippen LogP contribution < -0.4 is 10.9 Å². The maximum Gasteiger partial charge on any atom is 0.123 e. The number of halogens is 2. The lowest BCUT2D eigenvalue weighted by Crippen LogP contribution is -2.22. The molecule has 23 heavy (non-hydrogen) atoms. The van der Waals surface area contributed by atoms with E-state index < -0.39 is 0 Å². The van der Waals surface area contributed by atoms with Crippen LogP contribution in [0.4, 0.5) is 10.1 Å². The summed E-state index contributed by atoms with van der Waals surface area (Å²) >= 11 is 5.87. The van der Waals surface area contributed by atoms with Crippen LogP contribution in [0.25, 0.3) is 0 Å². The minimum Gasteiger partial charge on any atom is -0.305 e. The summed E-state index contributed by atoms with van der Waals surface area (Å²) < 4.78 is 12.9. The molecule has 0 heterocycles. The fourth-order valence-electron chi connectivity index (χ4n) is 1.96. The number of benzene rings is 2. The molecule has 2 aromatic rings. The van der Waals surface area contributed by atoms with Crippen LogP contribution >= 0.6 is 11.6 Å². The van der Waals surface area contributed by atoms with E-state index in [-0.39, 0.29) is 5.82 Å². The molecule has 0 aliphatic carbocycles. The standard InChI is InChI=1S/C18H19ClFN3/c1-12(18(21)11-14-3-5-15(19)6-4-14)13(2)22-23-17-9-7-16(20)8-10-17/h3-10,21-23H,11H2,1-2H3. The first-order valence-corrected chi connectivity index (χ1v) is 7.61. The third-order valence-corrected chi connectivity index (χ3v) is 3.80. The molecule has 3 nitrogen and oxygen atoms in total. The normalized spacial score (nSPS) is 11.7. The predicted molar refractivity (Wildman–Crippen MR) is 94.4 cm³/mol. The second-order valence-corrected chi connectivity index (χ2v) is 5.73. The molecule has 0 amide bonds. The van der Waals surface area contributed by atoms with Crippen LogP contribution in [-0.2, 0) is 6.42 Å². The summed E-state index contributed by atoms with van der Waals surface area (Å²) in [6, 6.07) is 13.5. The second kappa shape index (κ2) is 7.79. The van der Waals surface area contributed by atoms with Crippen molar-refractivity contribution >= 4 is 23.0 Å². The summed E-state index contributed by atoms with van der Waals surface area (Å²) in [6.45, 7) is 3.79. The quantitative estimate of drug-likeness (QED) is 0.518. The molecule has 2 rings (SSSR count). The lowest BCUT2D eigenvalue weighted by Gasteiger charge is -2.14. The fraction of sp³-hybridized carbons (Fsp3) is 0.167. The Kier molecular flexibility index (Phi) is 5.77. The highest BCUT2D eigenvalue weighted by Gasteiger charge is 2.06. The van der Waals surface area contributed by atoms with Crippen molar-refractivity contribution in [2.75, 3.05) is 5.43 Å². The van der Waals surface area contributed by atoms with Crippen molar-refractivity contribution in [1.82, 2.24) is 5.43 Å². The van der Waals surface area contributed by atoms with E-state index in [4.69, 9.17) is 17.0 Å². The Morgan fingerprint density at radius 3 is 2.26 bits per heavy atom. The average molecular weight is 332 g/mol. The van der Waals surface area contributed by atoms with E-state index in [1.54, 1.807) is 12.1 Å². The first-order valence-electron chi connectivity index (χ1n) is 7.23. The van der Waals surface area contributed by atoms with Gasteiger partial charge in [-0.2, -0.15) is 0 Å². The van der Waals surface area contributed by atoms with Gasteiger partial charge < -0.3 is 16.3 Å². The topological polar surface area (TPSA) is 47.9 Å². The molecule has 2 aromatic carbocycles. The summed E-state index contributed by atoms with van der Waals surface area (Å²) in [5.74, 6) is -0.274. The zero-order chi connectivity index (χ0) is 16.8. The summed E-state index contributed by atoms with van der Waals surface area (Å²) in [4.78, 5) is 0. The van der Waals surface area contributed by atoms with Gasteiger partial charge in [-0.05, 0) is 61.4 Å². The van der Waals surface area contributed by atoms with Crippen molar-refractivity contribution in [3.8, 4) is 0 Å². The van der Waals surface area contributed by atoms with E-state index >= 15 is 0 Å². The molecule has 120 valence electrons. The summed E-state index contributed by atoms with van der Waals surface area (Å²) in [5, 5.41) is 8.91. The van der Waals surface area contributed by atoms with Crippen LogP contribution in [0, 0.1) is 11.2 Å². The molecule has 0 atom stereocenters. The largest absolute Gasteiger partial charge is 0.305 e. The maximum atomic E-state index is 12.9. The molecule has 0 aliphatic heterocycles. The molecule has 0 radical (unpaired) electrons. The van der Waals surface area contributed by atoms with Gasteiger partial charge in [0.2, 0.25) is 0 Å². The highest BCUT2D eigenvalue weighted by Crippen LogP contribution is 2.13. The Morgan fingerprint density at radius 2 is 1.65 bits per heavy atom. The zero-order valence-corrected chi connectivity index (χ0v) is 13.8. The third kappa shape index (κ3) is 5.11. The zero-order valence-electron chi connectivity index (χ0n) is 13.1. The Bertz CT molecular complexity index is 706. The summed E-state index contributed by atoms with van der Waals surface area (Å²) in [6.07, 6.45) is 0.540. The van der Waals surface area contributed by atoms with Crippen molar-refractivity contribution in [3.63, 3.8) is 0 Å². The highest BCUT2D eigenvalue weighted by atomic mass is 35.5.